The van der Waals surface area contributed by atoms with Gasteiger partial charge in [-0.1, -0.05) is 6.07 Å². The fraction of sp³-hybridized carbons (Fsp3) is 0.381. The number of hydrogen-bond donors (Lipinski definition) is 0. The average Bonchev–Trinajstić information content (AvgIpc) is 3.02. The summed E-state index contributed by atoms with van der Waals surface area (Å²) in [5, 5.41) is 0. The summed E-state index contributed by atoms with van der Waals surface area (Å²) < 4.78 is 36.7. The summed E-state index contributed by atoms with van der Waals surface area (Å²) in [6.45, 7) is 3.36. The molecule has 154 valence electrons. The Kier molecular flexibility index (Phi) is 4.90. The monoisotopic (exact) mass is 416 g/mol. The highest BCUT2D eigenvalue weighted by Gasteiger charge is 2.33. The van der Waals surface area contributed by atoms with Gasteiger partial charge in [0.1, 0.15) is 13.2 Å². The minimum atomic E-state index is -3.35. The molecule has 2 aliphatic rings. The standard InChI is InChI=1S/C21H24N2O5S/c1-14-10-17-12-16(5-6-18(17)23(14)29(3,25)26)21(24)22(2)13-15-4-7-19-20(11-15)28-9-8-27-19/h4-7,11-12,14H,8-10,13H2,1-3H3. The summed E-state index contributed by atoms with van der Waals surface area (Å²) in [7, 11) is -1.60. The van der Waals surface area contributed by atoms with Crippen LogP contribution in [0.1, 0.15) is 28.4 Å². The summed E-state index contributed by atoms with van der Waals surface area (Å²) in [5.41, 5.74) is 3.03. The number of anilines is 1. The Morgan fingerprint density at radius 3 is 2.59 bits per heavy atom. The molecule has 1 unspecified atom stereocenters. The molecular weight excluding hydrogens is 392 g/mol. The van der Waals surface area contributed by atoms with Gasteiger partial charge in [-0.15, -0.1) is 0 Å². The molecule has 0 saturated heterocycles. The Morgan fingerprint density at radius 1 is 1.14 bits per heavy atom. The molecule has 0 N–H and O–H groups in total. The second-order valence-corrected chi connectivity index (χ2v) is 9.45. The number of hydrogen-bond acceptors (Lipinski definition) is 5. The van der Waals surface area contributed by atoms with Gasteiger partial charge in [0, 0.05) is 25.2 Å². The highest BCUT2D eigenvalue weighted by Crippen LogP contribution is 2.35. The van der Waals surface area contributed by atoms with Gasteiger partial charge in [0.2, 0.25) is 10.0 Å². The fourth-order valence-electron chi connectivity index (χ4n) is 3.99. The largest absolute Gasteiger partial charge is 0.486 e. The Hall–Kier alpha value is -2.74. The van der Waals surface area contributed by atoms with Crippen LogP contribution in [0.25, 0.3) is 0 Å². The molecule has 1 atom stereocenters. The zero-order valence-corrected chi connectivity index (χ0v) is 17.5. The smallest absolute Gasteiger partial charge is 0.253 e. The summed E-state index contributed by atoms with van der Waals surface area (Å²) in [6.07, 6.45) is 1.80. The number of benzene rings is 2. The molecule has 8 heteroatoms. The van der Waals surface area contributed by atoms with Gasteiger partial charge in [0.15, 0.2) is 11.5 Å². The first-order valence-electron chi connectivity index (χ1n) is 9.50. The molecule has 4 rings (SSSR count). The highest BCUT2D eigenvalue weighted by atomic mass is 32.2. The van der Waals surface area contributed by atoms with E-state index in [1.807, 2.05) is 25.1 Å². The van der Waals surface area contributed by atoms with Gasteiger partial charge in [-0.05, 0) is 54.8 Å². The van der Waals surface area contributed by atoms with Gasteiger partial charge in [-0.2, -0.15) is 0 Å². The van der Waals surface area contributed by atoms with Crippen molar-refractivity contribution in [1.29, 1.82) is 0 Å². The number of fused-ring (bicyclic) bond motifs is 2. The van der Waals surface area contributed by atoms with Gasteiger partial charge in [0.05, 0.1) is 11.9 Å². The maximum atomic E-state index is 12.9. The quantitative estimate of drug-likeness (QED) is 0.765. The summed E-state index contributed by atoms with van der Waals surface area (Å²) in [5.74, 6) is 1.30. The van der Waals surface area contributed by atoms with Crippen LogP contribution >= 0.6 is 0 Å². The van der Waals surface area contributed by atoms with Crippen LogP contribution in [0.4, 0.5) is 5.69 Å². The molecule has 2 aromatic carbocycles. The van der Waals surface area contributed by atoms with E-state index >= 15 is 0 Å². The van der Waals surface area contributed by atoms with E-state index in [-0.39, 0.29) is 11.9 Å². The third kappa shape index (κ3) is 3.76. The second-order valence-electron chi connectivity index (χ2n) is 7.59. The molecular formula is C21H24N2O5S. The summed E-state index contributed by atoms with van der Waals surface area (Å²) >= 11 is 0. The molecule has 0 bridgehead atoms. The minimum Gasteiger partial charge on any atom is -0.486 e. The Labute approximate surface area is 170 Å². The lowest BCUT2D eigenvalue weighted by Gasteiger charge is -2.22. The lowest BCUT2D eigenvalue weighted by atomic mass is 10.1. The second kappa shape index (κ2) is 7.26. The first-order valence-corrected chi connectivity index (χ1v) is 11.3. The molecule has 2 aliphatic heterocycles. The Morgan fingerprint density at radius 2 is 1.86 bits per heavy atom. The minimum absolute atomic E-state index is 0.117. The van der Waals surface area contributed by atoms with Crippen LogP contribution in [0.15, 0.2) is 36.4 Å². The molecule has 1 amide bonds. The van der Waals surface area contributed by atoms with Crippen molar-refractivity contribution in [1.82, 2.24) is 4.90 Å². The third-order valence-corrected chi connectivity index (χ3v) is 6.48. The third-order valence-electron chi connectivity index (χ3n) is 5.21. The SMILES string of the molecule is CC1Cc2cc(C(=O)N(C)Cc3ccc4c(c3)OCCO4)ccc2N1S(C)(=O)=O. The van der Waals surface area contributed by atoms with Crippen molar-refractivity contribution in [2.24, 2.45) is 0 Å². The lowest BCUT2D eigenvalue weighted by molar-refractivity contribution is 0.0784. The van der Waals surface area contributed by atoms with E-state index in [2.05, 4.69) is 0 Å². The maximum absolute atomic E-state index is 12.9. The van der Waals surface area contributed by atoms with Crippen LogP contribution in [-0.2, 0) is 23.0 Å². The van der Waals surface area contributed by atoms with E-state index in [1.54, 1.807) is 30.1 Å². The average molecular weight is 416 g/mol. The normalized spacial score (nSPS) is 17.8. The topological polar surface area (TPSA) is 76.2 Å². The van der Waals surface area contributed by atoms with Crippen molar-refractivity contribution in [2.45, 2.75) is 25.9 Å². The zero-order chi connectivity index (χ0) is 20.8. The lowest BCUT2D eigenvalue weighted by Crippen LogP contribution is -2.34. The van der Waals surface area contributed by atoms with E-state index in [9.17, 15) is 13.2 Å². The van der Waals surface area contributed by atoms with Crippen molar-refractivity contribution in [2.75, 3.05) is 30.8 Å². The molecule has 0 saturated carbocycles. The number of ether oxygens (including phenoxy) is 2. The van der Waals surface area contributed by atoms with Gasteiger partial charge in [0.25, 0.3) is 5.91 Å². The number of rotatable bonds is 4. The number of amides is 1. The van der Waals surface area contributed by atoms with Crippen molar-refractivity contribution in [3.63, 3.8) is 0 Å². The van der Waals surface area contributed by atoms with Crippen molar-refractivity contribution >= 4 is 21.6 Å². The molecule has 0 radical (unpaired) electrons. The van der Waals surface area contributed by atoms with Crippen LogP contribution in [0, 0.1) is 0 Å². The first-order chi connectivity index (χ1) is 13.7. The van der Waals surface area contributed by atoms with Crippen molar-refractivity contribution in [3.05, 3.63) is 53.1 Å². The van der Waals surface area contributed by atoms with E-state index in [0.29, 0.717) is 43.2 Å². The van der Waals surface area contributed by atoms with E-state index in [4.69, 9.17) is 9.47 Å². The molecule has 7 nitrogen and oxygen atoms in total. The fourth-order valence-corrected chi connectivity index (χ4v) is 5.26. The molecule has 2 aromatic rings. The zero-order valence-electron chi connectivity index (χ0n) is 16.7. The molecule has 0 spiro atoms. The van der Waals surface area contributed by atoms with Crippen LogP contribution in [0.2, 0.25) is 0 Å². The van der Waals surface area contributed by atoms with Gasteiger partial charge >= 0.3 is 0 Å². The predicted octanol–water partition coefficient (Wildman–Crippen LogP) is 2.44. The van der Waals surface area contributed by atoms with Crippen LogP contribution in [-0.4, -0.2) is 51.8 Å². The van der Waals surface area contributed by atoms with Gasteiger partial charge in [-0.25, -0.2) is 8.42 Å². The molecule has 0 aromatic heterocycles. The van der Waals surface area contributed by atoms with Crippen LogP contribution < -0.4 is 13.8 Å². The number of sulfonamides is 1. The van der Waals surface area contributed by atoms with E-state index in [1.165, 1.54) is 10.6 Å². The molecule has 29 heavy (non-hydrogen) atoms. The highest BCUT2D eigenvalue weighted by molar-refractivity contribution is 7.92. The Balaban J connectivity index is 1.52. The molecule has 0 aliphatic carbocycles. The number of carbonyl (C=O) groups excluding carboxylic acids is 1. The van der Waals surface area contributed by atoms with Gasteiger partial charge in [-0.3, -0.25) is 9.10 Å². The maximum Gasteiger partial charge on any atom is 0.253 e. The van der Waals surface area contributed by atoms with Gasteiger partial charge < -0.3 is 14.4 Å². The van der Waals surface area contributed by atoms with E-state index in [0.717, 1.165) is 16.9 Å². The number of nitrogens with zero attached hydrogens (tertiary/aromatic N) is 2. The predicted molar refractivity (Wildman–Crippen MR) is 110 cm³/mol. The Bertz CT molecular complexity index is 1070. The van der Waals surface area contributed by atoms with E-state index < -0.39 is 10.0 Å². The van der Waals surface area contributed by atoms with Crippen LogP contribution in [0.3, 0.4) is 0 Å². The van der Waals surface area contributed by atoms with Crippen molar-refractivity contribution < 1.29 is 22.7 Å². The number of carbonyl (C=O) groups is 1. The molecule has 2 heterocycles. The first kappa shape index (κ1) is 19.6. The van der Waals surface area contributed by atoms with Crippen molar-refractivity contribution in [3.8, 4) is 11.5 Å². The molecule has 0 fully saturated rings. The summed E-state index contributed by atoms with van der Waals surface area (Å²) in [4.78, 5) is 14.6. The summed E-state index contributed by atoms with van der Waals surface area (Å²) in [6, 6.07) is 10.8. The van der Waals surface area contributed by atoms with Crippen LogP contribution in [0.5, 0.6) is 11.5 Å².